The van der Waals surface area contributed by atoms with Crippen LogP contribution in [0.15, 0.2) is 40.4 Å². The molecule has 3 aromatic heterocycles. The van der Waals surface area contributed by atoms with Crippen LogP contribution in [-0.2, 0) is 5.75 Å². The summed E-state index contributed by atoms with van der Waals surface area (Å²) >= 11 is 3.22. The van der Waals surface area contributed by atoms with E-state index < -0.39 is 0 Å². The number of hydrogen-bond acceptors (Lipinski definition) is 5. The van der Waals surface area contributed by atoms with Gasteiger partial charge in [0, 0.05) is 18.1 Å². The van der Waals surface area contributed by atoms with Gasteiger partial charge < -0.3 is 4.40 Å². The van der Waals surface area contributed by atoms with Crippen LogP contribution in [-0.4, -0.2) is 19.6 Å². The monoisotopic (exact) mass is 248 g/mol. The van der Waals surface area contributed by atoms with Crippen molar-refractivity contribution in [2.24, 2.45) is 0 Å². The minimum Gasteiger partial charge on any atom is -0.307 e. The largest absolute Gasteiger partial charge is 0.307 e. The van der Waals surface area contributed by atoms with E-state index in [4.69, 9.17) is 0 Å². The number of thioether (sulfide) groups is 1. The van der Waals surface area contributed by atoms with E-state index >= 15 is 0 Å². The van der Waals surface area contributed by atoms with Crippen LogP contribution in [0, 0.1) is 0 Å². The maximum Gasteiger partial charge on any atom is 0.174 e. The predicted octanol–water partition coefficient (Wildman–Crippen LogP) is 2.48. The number of aromatic nitrogens is 4. The number of rotatable bonds is 3. The molecule has 0 aliphatic heterocycles. The fourth-order valence-electron chi connectivity index (χ4n) is 1.42. The standard InChI is InChI=1S/C10H8N4S2/c1-2-4-14-5-8(12-9(14)3-1)6-15-10-13-11-7-16-10/h1-5,7H,6H2. The average molecular weight is 248 g/mol. The zero-order valence-electron chi connectivity index (χ0n) is 8.28. The Morgan fingerprint density at radius 1 is 1.38 bits per heavy atom. The lowest BCUT2D eigenvalue weighted by molar-refractivity contribution is 1.01. The van der Waals surface area contributed by atoms with Gasteiger partial charge in [0.1, 0.15) is 11.2 Å². The van der Waals surface area contributed by atoms with Gasteiger partial charge in [0.2, 0.25) is 0 Å². The lowest BCUT2D eigenvalue weighted by Crippen LogP contribution is -1.79. The van der Waals surface area contributed by atoms with Gasteiger partial charge in [-0.3, -0.25) is 0 Å². The number of hydrogen-bond donors (Lipinski definition) is 0. The van der Waals surface area contributed by atoms with Gasteiger partial charge in [-0.05, 0) is 12.1 Å². The summed E-state index contributed by atoms with van der Waals surface area (Å²) in [4.78, 5) is 4.51. The average Bonchev–Trinajstić information content (AvgIpc) is 2.95. The number of nitrogens with zero attached hydrogens (tertiary/aromatic N) is 4. The van der Waals surface area contributed by atoms with E-state index in [1.165, 1.54) is 0 Å². The van der Waals surface area contributed by atoms with Crippen LogP contribution in [0.3, 0.4) is 0 Å². The molecule has 0 radical (unpaired) electrons. The molecule has 3 aromatic rings. The Kier molecular flexibility index (Phi) is 2.59. The Balaban J connectivity index is 1.79. The third-order valence-corrected chi connectivity index (χ3v) is 3.99. The summed E-state index contributed by atoms with van der Waals surface area (Å²) in [5, 5.41) is 7.78. The second-order valence-corrected chi connectivity index (χ2v) is 5.25. The van der Waals surface area contributed by atoms with Gasteiger partial charge in [-0.25, -0.2) is 4.98 Å². The minimum absolute atomic E-state index is 0.830. The zero-order valence-corrected chi connectivity index (χ0v) is 9.91. The third-order valence-electron chi connectivity index (χ3n) is 2.10. The molecule has 0 aromatic carbocycles. The molecule has 80 valence electrons. The second-order valence-electron chi connectivity index (χ2n) is 3.19. The molecule has 0 amide bonds. The number of pyridine rings is 1. The summed E-state index contributed by atoms with van der Waals surface area (Å²) in [5.41, 5.74) is 3.79. The number of imidazole rings is 1. The van der Waals surface area contributed by atoms with Crippen molar-refractivity contribution in [3.63, 3.8) is 0 Å². The zero-order chi connectivity index (χ0) is 10.8. The Bertz CT molecular complexity index is 555. The van der Waals surface area contributed by atoms with E-state index in [0.717, 1.165) is 21.4 Å². The summed E-state index contributed by atoms with van der Waals surface area (Å²) < 4.78 is 3.01. The van der Waals surface area contributed by atoms with Crippen molar-refractivity contribution in [1.29, 1.82) is 0 Å². The van der Waals surface area contributed by atoms with Crippen molar-refractivity contribution in [3.05, 3.63) is 41.8 Å². The molecule has 0 aliphatic carbocycles. The molecular weight excluding hydrogens is 240 g/mol. The summed E-state index contributed by atoms with van der Waals surface area (Å²) in [6, 6.07) is 5.99. The molecule has 0 saturated carbocycles. The van der Waals surface area contributed by atoms with Crippen molar-refractivity contribution in [2.75, 3.05) is 0 Å². The van der Waals surface area contributed by atoms with E-state index in [-0.39, 0.29) is 0 Å². The first kappa shape index (κ1) is 9.80. The molecule has 0 aliphatic rings. The van der Waals surface area contributed by atoms with Gasteiger partial charge in [-0.15, -0.1) is 10.2 Å². The molecule has 3 heterocycles. The Morgan fingerprint density at radius 3 is 3.19 bits per heavy atom. The van der Waals surface area contributed by atoms with Gasteiger partial charge in [0.15, 0.2) is 4.34 Å². The molecule has 3 rings (SSSR count). The van der Waals surface area contributed by atoms with Crippen molar-refractivity contribution >= 4 is 28.7 Å². The van der Waals surface area contributed by atoms with Gasteiger partial charge in [-0.2, -0.15) is 0 Å². The van der Waals surface area contributed by atoms with Crippen LogP contribution in [0.2, 0.25) is 0 Å². The Labute approximate surface area is 100 Å². The normalized spacial score (nSPS) is 11.0. The highest BCUT2D eigenvalue weighted by molar-refractivity contribution is 8.00. The van der Waals surface area contributed by atoms with E-state index in [1.54, 1.807) is 28.6 Å². The van der Waals surface area contributed by atoms with Gasteiger partial charge in [0.05, 0.1) is 5.69 Å². The lowest BCUT2D eigenvalue weighted by atomic mass is 10.5. The highest BCUT2D eigenvalue weighted by Gasteiger charge is 2.03. The Morgan fingerprint density at radius 2 is 2.38 bits per heavy atom. The highest BCUT2D eigenvalue weighted by Crippen LogP contribution is 2.23. The first-order valence-electron chi connectivity index (χ1n) is 4.73. The van der Waals surface area contributed by atoms with E-state index in [0.29, 0.717) is 0 Å². The van der Waals surface area contributed by atoms with Crippen molar-refractivity contribution in [3.8, 4) is 0 Å². The van der Waals surface area contributed by atoms with Crippen LogP contribution < -0.4 is 0 Å². The van der Waals surface area contributed by atoms with Crippen molar-refractivity contribution < 1.29 is 0 Å². The fourth-order valence-corrected chi connectivity index (χ4v) is 2.79. The van der Waals surface area contributed by atoms with Crippen molar-refractivity contribution in [2.45, 2.75) is 10.1 Å². The van der Waals surface area contributed by atoms with Crippen LogP contribution in [0.5, 0.6) is 0 Å². The van der Waals surface area contributed by atoms with Crippen LogP contribution >= 0.6 is 23.1 Å². The lowest BCUT2D eigenvalue weighted by Gasteiger charge is -1.90. The highest BCUT2D eigenvalue weighted by atomic mass is 32.2. The summed E-state index contributed by atoms with van der Waals surface area (Å²) in [7, 11) is 0. The van der Waals surface area contributed by atoms with Gasteiger partial charge >= 0.3 is 0 Å². The first-order valence-corrected chi connectivity index (χ1v) is 6.60. The number of fused-ring (bicyclic) bond motifs is 1. The summed E-state index contributed by atoms with van der Waals surface area (Å²) in [6.45, 7) is 0. The van der Waals surface area contributed by atoms with E-state index in [2.05, 4.69) is 15.2 Å². The minimum atomic E-state index is 0.830. The SMILES string of the molecule is c1ccn2cc(CSc3nncs3)nc2c1. The van der Waals surface area contributed by atoms with Crippen LogP contribution in [0.1, 0.15) is 5.69 Å². The predicted molar refractivity (Wildman–Crippen MR) is 64.7 cm³/mol. The first-order chi connectivity index (χ1) is 7.92. The molecule has 0 atom stereocenters. The van der Waals surface area contributed by atoms with Crippen molar-refractivity contribution in [1.82, 2.24) is 19.6 Å². The molecule has 16 heavy (non-hydrogen) atoms. The Hall–Kier alpha value is -1.40. The van der Waals surface area contributed by atoms with Crippen LogP contribution in [0.4, 0.5) is 0 Å². The molecule has 0 N–H and O–H groups in total. The van der Waals surface area contributed by atoms with E-state index in [1.807, 2.05) is 35.0 Å². The summed E-state index contributed by atoms with van der Waals surface area (Å²) in [5.74, 6) is 0.830. The molecule has 0 fully saturated rings. The molecule has 0 saturated heterocycles. The maximum absolute atomic E-state index is 4.51. The fraction of sp³-hybridized carbons (Fsp3) is 0.100. The van der Waals surface area contributed by atoms with Crippen LogP contribution in [0.25, 0.3) is 5.65 Å². The second kappa shape index (κ2) is 4.23. The molecule has 4 nitrogen and oxygen atoms in total. The van der Waals surface area contributed by atoms with Gasteiger partial charge in [-0.1, -0.05) is 29.2 Å². The molecule has 0 spiro atoms. The molecule has 6 heteroatoms. The summed E-state index contributed by atoms with van der Waals surface area (Å²) in [6.07, 6.45) is 4.05. The van der Waals surface area contributed by atoms with Gasteiger partial charge in [0.25, 0.3) is 0 Å². The molecular formula is C10H8N4S2. The molecule has 0 bridgehead atoms. The quantitative estimate of drug-likeness (QED) is 0.668. The van der Waals surface area contributed by atoms with E-state index in [9.17, 15) is 0 Å². The topological polar surface area (TPSA) is 43.1 Å². The molecule has 0 unspecified atom stereocenters. The third kappa shape index (κ3) is 1.94. The smallest absolute Gasteiger partial charge is 0.174 e. The maximum atomic E-state index is 4.51.